The Bertz CT molecular complexity index is 1370. The lowest BCUT2D eigenvalue weighted by Gasteiger charge is -2.12. The molecule has 4 rings (SSSR count). The zero-order valence-corrected chi connectivity index (χ0v) is 18.3. The van der Waals surface area contributed by atoms with Gasteiger partial charge in [0.25, 0.3) is 10.0 Å². The molecule has 0 radical (unpaired) electrons. The summed E-state index contributed by atoms with van der Waals surface area (Å²) in [6, 6.07) is 28.8. The molecule has 0 atom stereocenters. The van der Waals surface area contributed by atoms with Crippen LogP contribution in [0.5, 0.6) is 5.75 Å². The third-order valence-electron chi connectivity index (χ3n) is 4.89. The van der Waals surface area contributed by atoms with Crippen molar-refractivity contribution in [1.29, 1.82) is 0 Å². The second-order valence-corrected chi connectivity index (χ2v) is 8.81. The second kappa shape index (κ2) is 9.58. The number of nitrogens with one attached hydrogen (secondary N) is 1. The fourth-order valence-corrected chi connectivity index (χ4v) is 4.57. The molecule has 6 nitrogen and oxygen atoms in total. The van der Waals surface area contributed by atoms with Gasteiger partial charge in [0.1, 0.15) is 5.75 Å². The predicted octanol–water partition coefficient (Wildman–Crippen LogP) is 5.13. The molecule has 0 fully saturated rings. The van der Waals surface area contributed by atoms with Crippen molar-refractivity contribution in [3.05, 3.63) is 114 Å². The monoisotopic (exact) mass is 459 g/mol. The number of fused-ring (bicyclic) bond motifs is 1. The molecule has 0 heterocycles. The van der Waals surface area contributed by atoms with Crippen molar-refractivity contribution >= 4 is 38.0 Å². The lowest BCUT2D eigenvalue weighted by Crippen LogP contribution is -2.10. The normalized spacial score (nSPS) is 11.0. The molecule has 0 amide bonds. The van der Waals surface area contributed by atoms with E-state index in [0.29, 0.717) is 27.8 Å². The number of sulfonamides is 1. The maximum atomic E-state index is 13.1. The second-order valence-electron chi connectivity index (χ2n) is 7.29. The third kappa shape index (κ3) is 5.58. The zero-order valence-electron chi connectivity index (χ0n) is 17.5. The summed E-state index contributed by atoms with van der Waals surface area (Å²) in [4.78, 5) is 10.8. The van der Waals surface area contributed by atoms with Gasteiger partial charge >= 0.3 is 5.97 Å². The van der Waals surface area contributed by atoms with E-state index in [9.17, 15) is 13.2 Å². The van der Waals surface area contributed by atoms with E-state index in [1.165, 1.54) is 5.41 Å². The van der Waals surface area contributed by atoms with Gasteiger partial charge in [0.15, 0.2) is 6.61 Å². The van der Waals surface area contributed by atoms with Crippen molar-refractivity contribution in [3.63, 3.8) is 0 Å². The number of ether oxygens (including phenoxy) is 1. The van der Waals surface area contributed by atoms with E-state index in [1.807, 2.05) is 60.7 Å². The summed E-state index contributed by atoms with van der Waals surface area (Å²) in [5, 5.41) is 11.5. The van der Waals surface area contributed by atoms with E-state index >= 15 is 0 Å². The lowest BCUT2D eigenvalue weighted by atomic mass is 10.00. The SMILES string of the molecule is O=C(O)COc1cccc2cc(NS(=O)(=O)C=C(c3ccccc3)c3ccccc3)ccc12. The van der Waals surface area contributed by atoms with Crippen LogP contribution in [0.1, 0.15) is 11.1 Å². The fraction of sp³-hybridized carbons (Fsp3) is 0.0385. The summed E-state index contributed by atoms with van der Waals surface area (Å²) < 4.78 is 34.1. The van der Waals surface area contributed by atoms with E-state index in [-0.39, 0.29) is 0 Å². The first kappa shape index (κ1) is 22.1. The van der Waals surface area contributed by atoms with Gasteiger partial charge in [-0.2, -0.15) is 0 Å². The highest BCUT2D eigenvalue weighted by Gasteiger charge is 2.14. The standard InChI is InChI=1S/C26H21NO5S/c28-26(29)17-32-25-13-7-12-21-16-22(14-15-23(21)25)27-33(30,31)18-24(19-8-3-1-4-9-19)20-10-5-2-6-11-20/h1-16,18,27H,17H2,(H,28,29). The van der Waals surface area contributed by atoms with E-state index in [2.05, 4.69) is 4.72 Å². The van der Waals surface area contributed by atoms with E-state index in [4.69, 9.17) is 9.84 Å². The Balaban J connectivity index is 1.67. The van der Waals surface area contributed by atoms with Crippen molar-refractivity contribution in [2.45, 2.75) is 0 Å². The molecule has 0 spiro atoms. The number of hydrogen-bond acceptors (Lipinski definition) is 4. The molecule has 4 aromatic carbocycles. The molecule has 0 aliphatic rings. The maximum Gasteiger partial charge on any atom is 0.341 e. The molecular formula is C26H21NO5S. The maximum absolute atomic E-state index is 13.1. The molecule has 0 saturated heterocycles. The van der Waals surface area contributed by atoms with Crippen LogP contribution in [0.2, 0.25) is 0 Å². The summed E-state index contributed by atoms with van der Waals surface area (Å²) >= 11 is 0. The van der Waals surface area contributed by atoms with Gasteiger partial charge in [-0.3, -0.25) is 4.72 Å². The van der Waals surface area contributed by atoms with Crippen LogP contribution in [0.15, 0.2) is 102 Å². The molecule has 33 heavy (non-hydrogen) atoms. The number of anilines is 1. The highest BCUT2D eigenvalue weighted by atomic mass is 32.2. The minimum atomic E-state index is -3.85. The van der Waals surface area contributed by atoms with Crippen LogP contribution >= 0.6 is 0 Å². The van der Waals surface area contributed by atoms with Gasteiger partial charge in [-0.1, -0.05) is 72.8 Å². The van der Waals surface area contributed by atoms with Gasteiger partial charge in [0.05, 0.1) is 5.41 Å². The average Bonchev–Trinajstić information content (AvgIpc) is 2.82. The zero-order chi connectivity index (χ0) is 23.3. The van der Waals surface area contributed by atoms with Crippen LogP contribution < -0.4 is 9.46 Å². The van der Waals surface area contributed by atoms with E-state index in [0.717, 1.165) is 11.1 Å². The molecule has 166 valence electrons. The summed E-state index contributed by atoms with van der Waals surface area (Å²) in [5.41, 5.74) is 2.53. The van der Waals surface area contributed by atoms with E-state index < -0.39 is 22.6 Å². The van der Waals surface area contributed by atoms with Gasteiger partial charge in [-0.15, -0.1) is 0 Å². The van der Waals surface area contributed by atoms with Crippen LogP contribution in [-0.2, 0) is 14.8 Å². The Morgan fingerprint density at radius 3 is 2.09 bits per heavy atom. The quantitative estimate of drug-likeness (QED) is 0.381. The number of benzene rings is 4. The molecule has 7 heteroatoms. The Morgan fingerprint density at radius 1 is 0.848 bits per heavy atom. The fourth-order valence-electron chi connectivity index (χ4n) is 3.47. The van der Waals surface area contributed by atoms with Crippen LogP contribution in [0.25, 0.3) is 16.3 Å². The van der Waals surface area contributed by atoms with Crippen molar-refractivity contribution in [3.8, 4) is 5.75 Å². The summed E-state index contributed by atoms with van der Waals surface area (Å²) in [6.07, 6.45) is 0. The molecule has 4 aromatic rings. The Kier molecular flexibility index (Phi) is 6.42. The first-order chi connectivity index (χ1) is 15.9. The van der Waals surface area contributed by atoms with Crippen molar-refractivity contribution < 1.29 is 23.1 Å². The molecule has 0 aromatic heterocycles. The smallest absolute Gasteiger partial charge is 0.341 e. The number of carbonyl (C=O) groups is 1. The average molecular weight is 460 g/mol. The summed E-state index contributed by atoms with van der Waals surface area (Å²) in [6.45, 7) is -0.458. The van der Waals surface area contributed by atoms with Gasteiger partial charge in [-0.05, 0) is 40.8 Å². The minimum Gasteiger partial charge on any atom is -0.481 e. The van der Waals surface area contributed by atoms with Gasteiger partial charge < -0.3 is 9.84 Å². The van der Waals surface area contributed by atoms with Gasteiger partial charge in [0.2, 0.25) is 0 Å². The van der Waals surface area contributed by atoms with Crippen molar-refractivity contribution in [2.75, 3.05) is 11.3 Å². The molecule has 0 aliphatic carbocycles. The number of carboxylic acids is 1. The predicted molar refractivity (Wildman–Crippen MR) is 130 cm³/mol. The first-order valence-corrected chi connectivity index (χ1v) is 11.7. The number of rotatable bonds is 8. The van der Waals surface area contributed by atoms with E-state index in [1.54, 1.807) is 36.4 Å². The molecular weight excluding hydrogens is 438 g/mol. The minimum absolute atomic E-state index is 0.384. The number of aliphatic carboxylic acids is 1. The van der Waals surface area contributed by atoms with Crippen LogP contribution in [0.3, 0.4) is 0 Å². The summed E-state index contributed by atoms with van der Waals surface area (Å²) in [7, 11) is -3.85. The van der Waals surface area contributed by atoms with Crippen molar-refractivity contribution in [1.82, 2.24) is 0 Å². The van der Waals surface area contributed by atoms with Crippen LogP contribution in [0, 0.1) is 0 Å². The lowest BCUT2D eigenvalue weighted by molar-refractivity contribution is -0.139. The molecule has 0 aliphatic heterocycles. The van der Waals surface area contributed by atoms with Gasteiger partial charge in [-0.25, -0.2) is 13.2 Å². The van der Waals surface area contributed by atoms with Gasteiger partial charge in [0, 0.05) is 16.6 Å². The van der Waals surface area contributed by atoms with Crippen molar-refractivity contribution in [2.24, 2.45) is 0 Å². The molecule has 0 saturated carbocycles. The van der Waals surface area contributed by atoms with Crippen LogP contribution in [-0.4, -0.2) is 26.1 Å². The number of carboxylic acid groups (broad SMARTS) is 1. The highest BCUT2D eigenvalue weighted by molar-refractivity contribution is 7.95. The Morgan fingerprint density at radius 2 is 1.48 bits per heavy atom. The molecule has 2 N–H and O–H groups in total. The third-order valence-corrected chi connectivity index (χ3v) is 5.96. The molecule has 0 bridgehead atoms. The first-order valence-electron chi connectivity index (χ1n) is 10.1. The largest absolute Gasteiger partial charge is 0.481 e. The summed E-state index contributed by atoms with van der Waals surface area (Å²) in [5.74, 6) is -0.657. The highest BCUT2D eigenvalue weighted by Crippen LogP contribution is 2.29. The Labute approximate surface area is 191 Å². The topological polar surface area (TPSA) is 92.7 Å². The molecule has 0 unspecified atom stereocenters. The Hall–Kier alpha value is -4.10. The number of hydrogen-bond donors (Lipinski definition) is 2. The van der Waals surface area contributed by atoms with Crippen LogP contribution in [0.4, 0.5) is 5.69 Å².